The predicted octanol–water partition coefficient (Wildman–Crippen LogP) is 4.79. The number of benzene rings is 1. The maximum Gasteiger partial charge on any atom is 0.230 e. The van der Waals surface area contributed by atoms with E-state index in [2.05, 4.69) is 29.0 Å². The molecule has 186 valence electrons. The Hall–Kier alpha value is -2.48. The van der Waals surface area contributed by atoms with Crippen molar-refractivity contribution >= 4 is 17.7 Å². The van der Waals surface area contributed by atoms with Crippen LogP contribution >= 0.6 is 11.8 Å². The number of thioether (sulfide) groups is 1. The van der Waals surface area contributed by atoms with Crippen molar-refractivity contribution in [3.63, 3.8) is 0 Å². The molecule has 2 heterocycles. The first-order chi connectivity index (χ1) is 17.0. The van der Waals surface area contributed by atoms with Crippen molar-refractivity contribution in [2.24, 2.45) is 23.2 Å². The molecular weight excluding hydrogens is 460 g/mol. The van der Waals surface area contributed by atoms with Gasteiger partial charge in [-0.3, -0.25) is 9.36 Å². The second kappa shape index (κ2) is 9.19. The first-order valence-electron chi connectivity index (χ1n) is 12.9. The summed E-state index contributed by atoms with van der Waals surface area (Å²) in [4.78, 5) is 13.0. The van der Waals surface area contributed by atoms with Gasteiger partial charge in [-0.15, -0.1) is 16.8 Å². The number of carbonyl (C=O) groups is 1. The molecule has 1 N–H and O–H groups in total. The molecule has 8 heteroatoms. The van der Waals surface area contributed by atoms with Crippen LogP contribution in [0.3, 0.4) is 0 Å². The molecule has 4 bridgehead atoms. The zero-order chi connectivity index (χ0) is 24.0. The molecule has 4 aliphatic carbocycles. The third-order valence-corrected chi connectivity index (χ3v) is 9.53. The summed E-state index contributed by atoms with van der Waals surface area (Å²) in [5.41, 5.74) is 0.305. The number of rotatable bonds is 8. The third-order valence-electron chi connectivity index (χ3n) is 8.57. The number of para-hydroxylation sites is 2. The summed E-state index contributed by atoms with van der Waals surface area (Å²) in [6, 6.07) is 7.85. The van der Waals surface area contributed by atoms with Crippen LogP contribution in [0, 0.1) is 23.2 Å². The fraction of sp³-hybridized carbons (Fsp3) is 0.593. The Balaban J connectivity index is 1.10. The Labute approximate surface area is 211 Å². The molecule has 1 aromatic carbocycles. The minimum absolute atomic E-state index is 0.0686. The SMILES string of the molecule is C=CCn1c(SCC(=O)NC(C)C23CC4CC(CC(C4)C2)C3)nnc1C1COc2ccccc2O1. The monoisotopic (exact) mass is 494 g/mol. The Kier molecular flexibility index (Phi) is 6.03. The Bertz CT molecular complexity index is 1080. The standard InChI is InChI=1S/C27H34N4O3S/c1-3-8-31-25(23-15-33-21-6-4-5-7-22(21)34-23)29-30-26(31)35-16-24(32)28-17(2)27-12-18-9-19(13-27)11-20(10-18)14-27/h3-7,17-20,23H,1,8-16H2,2H3,(H,28,32). The van der Waals surface area contributed by atoms with Crippen molar-refractivity contribution in [1.29, 1.82) is 0 Å². The second-order valence-corrected chi connectivity index (χ2v) is 11.9. The quantitative estimate of drug-likeness (QED) is 0.420. The number of allylic oxidation sites excluding steroid dienone is 1. The number of nitrogens with one attached hydrogen (secondary N) is 1. The zero-order valence-electron chi connectivity index (χ0n) is 20.3. The minimum Gasteiger partial charge on any atom is -0.485 e. The van der Waals surface area contributed by atoms with Gasteiger partial charge in [-0.1, -0.05) is 30.0 Å². The van der Waals surface area contributed by atoms with E-state index in [0.717, 1.165) is 23.5 Å². The number of nitrogens with zero attached hydrogens (tertiary/aromatic N) is 3. The van der Waals surface area contributed by atoms with Crippen LogP contribution in [0.25, 0.3) is 0 Å². The number of amides is 1. The predicted molar refractivity (Wildman–Crippen MR) is 134 cm³/mol. The molecular formula is C27H34N4O3S. The van der Waals surface area contributed by atoms with Crippen LogP contribution in [-0.2, 0) is 11.3 Å². The van der Waals surface area contributed by atoms with Crippen molar-refractivity contribution in [3.8, 4) is 11.5 Å². The van der Waals surface area contributed by atoms with Gasteiger partial charge >= 0.3 is 0 Å². The number of hydrogen-bond donors (Lipinski definition) is 1. The molecule has 4 fully saturated rings. The third kappa shape index (κ3) is 4.34. The lowest BCUT2D eigenvalue weighted by atomic mass is 9.48. The van der Waals surface area contributed by atoms with Crippen LogP contribution in [-0.4, -0.2) is 39.1 Å². The van der Waals surface area contributed by atoms with E-state index in [1.807, 2.05) is 34.9 Å². The van der Waals surface area contributed by atoms with Crippen molar-refractivity contribution in [3.05, 3.63) is 42.7 Å². The highest BCUT2D eigenvalue weighted by Gasteiger charge is 2.53. The molecule has 4 saturated carbocycles. The van der Waals surface area contributed by atoms with Crippen molar-refractivity contribution in [1.82, 2.24) is 20.1 Å². The molecule has 2 unspecified atom stereocenters. The molecule has 35 heavy (non-hydrogen) atoms. The lowest BCUT2D eigenvalue weighted by molar-refractivity contribution is -0.123. The van der Waals surface area contributed by atoms with Gasteiger partial charge in [0.15, 0.2) is 28.6 Å². The van der Waals surface area contributed by atoms with Gasteiger partial charge in [0, 0.05) is 12.6 Å². The van der Waals surface area contributed by atoms with Crippen LogP contribution < -0.4 is 14.8 Å². The number of hydrogen-bond acceptors (Lipinski definition) is 6. The van der Waals surface area contributed by atoms with Crippen LogP contribution in [0.2, 0.25) is 0 Å². The van der Waals surface area contributed by atoms with Gasteiger partial charge in [0.25, 0.3) is 0 Å². The van der Waals surface area contributed by atoms with E-state index in [1.165, 1.54) is 50.3 Å². The molecule has 1 aromatic heterocycles. The van der Waals surface area contributed by atoms with Crippen LogP contribution in [0.1, 0.15) is 57.4 Å². The largest absolute Gasteiger partial charge is 0.485 e. The van der Waals surface area contributed by atoms with Gasteiger partial charge < -0.3 is 14.8 Å². The maximum absolute atomic E-state index is 13.0. The van der Waals surface area contributed by atoms with Crippen molar-refractivity contribution in [2.75, 3.05) is 12.4 Å². The Morgan fingerprint density at radius 2 is 1.89 bits per heavy atom. The van der Waals surface area contributed by atoms with E-state index in [1.54, 1.807) is 0 Å². The summed E-state index contributed by atoms with van der Waals surface area (Å²) in [6.07, 6.45) is 9.56. The van der Waals surface area contributed by atoms with E-state index >= 15 is 0 Å². The summed E-state index contributed by atoms with van der Waals surface area (Å²) in [5.74, 6) is 5.14. The van der Waals surface area contributed by atoms with Gasteiger partial charge in [0.1, 0.15) is 6.61 Å². The van der Waals surface area contributed by atoms with E-state index in [9.17, 15) is 4.79 Å². The highest BCUT2D eigenvalue weighted by Crippen LogP contribution is 2.61. The number of fused-ring (bicyclic) bond motifs is 1. The fourth-order valence-corrected chi connectivity index (χ4v) is 8.13. The van der Waals surface area contributed by atoms with Crippen LogP contribution in [0.5, 0.6) is 11.5 Å². The zero-order valence-corrected chi connectivity index (χ0v) is 21.1. The average molecular weight is 495 g/mol. The molecule has 1 amide bonds. The molecule has 7 nitrogen and oxygen atoms in total. The lowest BCUT2D eigenvalue weighted by Crippen LogP contribution is -2.56. The topological polar surface area (TPSA) is 78.3 Å². The highest BCUT2D eigenvalue weighted by molar-refractivity contribution is 7.99. The lowest BCUT2D eigenvalue weighted by Gasteiger charge is -2.59. The first kappa shape index (κ1) is 23.0. The smallest absolute Gasteiger partial charge is 0.230 e. The Morgan fingerprint density at radius 3 is 2.57 bits per heavy atom. The molecule has 7 rings (SSSR count). The summed E-state index contributed by atoms with van der Waals surface area (Å²) in [7, 11) is 0. The number of ether oxygens (including phenoxy) is 2. The molecule has 0 saturated heterocycles. The summed E-state index contributed by atoms with van der Waals surface area (Å²) in [6.45, 7) is 7.02. The van der Waals surface area contributed by atoms with E-state index in [0.29, 0.717) is 41.0 Å². The fourth-order valence-electron chi connectivity index (χ4n) is 7.37. The second-order valence-electron chi connectivity index (χ2n) is 11.0. The summed E-state index contributed by atoms with van der Waals surface area (Å²) >= 11 is 1.42. The average Bonchev–Trinajstić information content (AvgIpc) is 3.24. The summed E-state index contributed by atoms with van der Waals surface area (Å²) in [5, 5.41) is 12.8. The van der Waals surface area contributed by atoms with Crippen LogP contribution in [0.4, 0.5) is 0 Å². The number of aromatic nitrogens is 3. The van der Waals surface area contributed by atoms with Gasteiger partial charge in [-0.05, 0) is 80.8 Å². The molecule has 1 aliphatic heterocycles. The Morgan fingerprint density at radius 1 is 1.20 bits per heavy atom. The first-order valence-corrected chi connectivity index (χ1v) is 13.9. The molecule has 2 atom stereocenters. The molecule has 0 spiro atoms. The van der Waals surface area contributed by atoms with E-state index < -0.39 is 0 Å². The van der Waals surface area contributed by atoms with Crippen LogP contribution in [0.15, 0.2) is 42.1 Å². The highest BCUT2D eigenvalue weighted by atomic mass is 32.2. The number of carbonyl (C=O) groups excluding carboxylic acids is 1. The molecule has 0 radical (unpaired) electrons. The minimum atomic E-state index is -0.364. The van der Waals surface area contributed by atoms with E-state index in [-0.39, 0.29) is 18.1 Å². The van der Waals surface area contributed by atoms with Crippen molar-refractivity contribution in [2.45, 2.75) is 69.3 Å². The van der Waals surface area contributed by atoms with Gasteiger partial charge in [0.05, 0.1) is 5.75 Å². The van der Waals surface area contributed by atoms with Gasteiger partial charge in [0.2, 0.25) is 5.91 Å². The van der Waals surface area contributed by atoms with Crippen molar-refractivity contribution < 1.29 is 14.3 Å². The van der Waals surface area contributed by atoms with Gasteiger partial charge in [-0.2, -0.15) is 0 Å². The maximum atomic E-state index is 13.0. The van der Waals surface area contributed by atoms with Gasteiger partial charge in [-0.25, -0.2) is 0 Å². The molecule has 2 aromatic rings. The molecule has 5 aliphatic rings. The summed E-state index contributed by atoms with van der Waals surface area (Å²) < 4.78 is 14.0. The normalized spacial score (nSPS) is 31.2. The van der Waals surface area contributed by atoms with E-state index in [4.69, 9.17) is 9.47 Å².